The summed E-state index contributed by atoms with van der Waals surface area (Å²) in [5, 5.41) is 2.11. The Labute approximate surface area is 170 Å². The summed E-state index contributed by atoms with van der Waals surface area (Å²) in [5.74, 6) is 0.839. The summed E-state index contributed by atoms with van der Waals surface area (Å²) in [6.07, 6.45) is 0. The van der Waals surface area contributed by atoms with Crippen LogP contribution in [0.15, 0.2) is 57.6 Å². The van der Waals surface area contributed by atoms with E-state index < -0.39 is 0 Å². The number of ether oxygens (including phenoxy) is 1. The van der Waals surface area contributed by atoms with Crippen LogP contribution < -0.4 is 15.2 Å². The third-order valence-corrected chi connectivity index (χ3v) is 5.09. The fraction of sp³-hybridized carbons (Fsp3) is 0.158. The average molecular weight is 447 g/mol. The second-order valence-electron chi connectivity index (χ2n) is 5.80. The van der Waals surface area contributed by atoms with Gasteiger partial charge in [0.1, 0.15) is 5.75 Å². The van der Waals surface area contributed by atoms with Gasteiger partial charge in [-0.05, 0) is 55.0 Å². The molecule has 0 saturated heterocycles. The molecule has 27 heavy (non-hydrogen) atoms. The van der Waals surface area contributed by atoms with E-state index in [-0.39, 0.29) is 22.7 Å². The molecule has 6 nitrogen and oxygen atoms in total. The molecule has 140 valence electrons. The standard InChI is InChI=1S/C19H18N4O2S.BrH/c1-3-23-17(12-4-7-14(25-2)8-5-12)11-26-19(23)20-13-6-9-15-16(10-13)22-18(24)21-15;/h4-11H,3H2,1-2H3,(H2,21,22,24);1H. The smallest absolute Gasteiger partial charge is 0.323 e. The van der Waals surface area contributed by atoms with Crippen molar-refractivity contribution in [2.75, 3.05) is 7.11 Å². The van der Waals surface area contributed by atoms with Gasteiger partial charge in [-0.1, -0.05) is 0 Å². The van der Waals surface area contributed by atoms with Crippen LogP contribution in [0.1, 0.15) is 6.92 Å². The first kappa shape index (κ1) is 19.2. The van der Waals surface area contributed by atoms with E-state index in [1.165, 1.54) is 0 Å². The molecule has 2 heterocycles. The van der Waals surface area contributed by atoms with Gasteiger partial charge in [-0.3, -0.25) is 0 Å². The van der Waals surface area contributed by atoms with Crippen molar-refractivity contribution in [3.05, 3.63) is 63.1 Å². The topological polar surface area (TPSA) is 75.2 Å². The van der Waals surface area contributed by atoms with Gasteiger partial charge in [0.2, 0.25) is 0 Å². The Kier molecular flexibility index (Phi) is 5.67. The zero-order valence-corrected chi connectivity index (χ0v) is 17.4. The molecule has 0 fully saturated rings. The lowest BCUT2D eigenvalue weighted by Crippen LogP contribution is -2.14. The number of nitrogens with one attached hydrogen (secondary N) is 2. The van der Waals surface area contributed by atoms with Gasteiger partial charge in [-0.2, -0.15) is 0 Å². The molecule has 0 atom stereocenters. The van der Waals surface area contributed by atoms with Gasteiger partial charge in [0, 0.05) is 11.9 Å². The van der Waals surface area contributed by atoms with E-state index >= 15 is 0 Å². The molecule has 0 saturated carbocycles. The molecule has 8 heteroatoms. The Morgan fingerprint density at radius 2 is 1.85 bits per heavy atom. The highest BCUT2D eigenvalue weighted by atomic mass is 79.9. The van der Waals surface area contributed by atoms with Crippen molar-refractivity contribution in [3.63, 3.8) is 0 Å². The maximum absolute atomic E-state index is 11.4. The van der Waals surface area contributed by atoms with Crippen LogP contribution in [0, 0.1) is 0 Å². The number of halogens is 1. The summed E-state index contributed by atoms with van der Waals surface area (Å²) >= 11 is 1.60. The van der Waals surface area contributed by atoms with Crippen molar-refractivity contribution in [2.45, 2.75) is 13.5 Å². The second kappa shape index (κ2) is 7.98. The average Bonchev–Trinajstić information content (AvgIpc) is 3.23. The minimum atomic E-state index is -0.210. The van der Waals surface area contributed by atoms with Gasteiger partial charge in [0.15, 0.2) is 4.80 Å². The third-order valence-electron chi connectivity index (χ3n) is 4.22. The number of methoxy groups -OCH3 is 1. The maximum atomic E-state index is 11.4. The van der Waals surface area contributed by atoms with E-state index in [0.29, 0.717) is 0 Å². The van der Waals surface area contributed by atoms with E-state index in [4.69, 9.17) is 9.73 Å². The number of imidazole rings is 1. The summed E-state index contributed by atoms with van der Waals surface area (Å²) < 4.78 is 7.41. The van der Waals surface area contributed by atoms with Crippen LogP contribution in [-0.4, -0.2) is 21.6 Å². The molecule has 4 rings (SSSR count). The number of aromatic nitrogens is 3. The van der Waals surface area contributed by atoms with Crippen LogP contribution in [0.5, 0.6) is 5.75 Å². The molecular weight excluding hydrogens is 428 g/mol. The molecule has 2 aromatic heterocycles. The van der Waals surface area contributed by atoms with Crippen molar-refractivity contribution >= 4 is 45.0 Å². The highest BCUT2D eigenvalue weighted by Gasteiger charge is 2.07. The fourth-order valence-electron chi connectivity index (χ4n) is 2.92. The van der Waals surface area contributed by atoms with Crippen molar-refractivity contribution in [2.24, 2.45) is 4.99 Å². The number of thiazole rings is 1. The van der Waals surface area contributed by atoms with E-state index in [9.17, 15) is 4.79 Å². The van der Waals surface area contributed by atoms with Gasteiger partial charge >= 0.3 is 5.69 Å². The van der Waals surface area contributed by atoms with E-state index in [0.717, 1.165) is 45.1 Å². The molecular formula is C19H19BrN4O2S. The minimum absolute atomic E-state index is 0. The summed E-state index contributed by atoms with van der Waals surface area (Å²) in [7, 11) is 1.66. The fourth-order valence-corrected chi connectivity index (χ4v) is 3.91. The van der Waals surface area contributed by atoms with E-state index in [1.807, 2.05) is 42.5 Å². The highest BCUT2D eigenvalue weighted by Crippen LogP contribution is 2.24. The molecule has 0 aliphatic rings. The van der Waals surface area contributed by atoms with Gasteiger partial charge in [-0.25, -0.2) is 9.79 Å². The van der Waals surface area contributed by atoms with Crippen molar-refractivity contribution in [1.82, 2.24) is 14.5 Å². The van der Waals surface area contributed by atoms with Crippen LogP contribution in [0.4, 0.5) is 5.69 Å². The Balaban J connectivity index is 0.00000210. The summed E-state index contributed by atoms with van der Waals surface area (Å²) in [6.45, 7) is 2.92. The van der Waals surface area contributed by atoms with Crippen molar-refractivity contribution < 1.29 is 4.74 Å². The molecule has 0 unspecified atom stereocenters. The number of H-pyrrole nitrogens is 2. The molecule has 0 bridgehead atoms. The summed E-state index contributed by atoms with van der Waals surface area (Å²) in [6, 6.07) is 13.7. The monoisotopic (exact) mass is 446 g/mol. The first-order valence-electron chi connectivity index (χ1n) is 8.27. The number of nitrogens with zero attached hydrogens (tertiary/aromatic N) is 2. The number of fused-ring (bicyclic) bond motifs is 1. The number of hydrogen-bond donors (Lipinski definition) is 2. The molecule has 0 amide bonds. The van der Waals surface area contributed by atoms with Gasteiger partial charge in [0.05, 0.1) is 29.5 Å². The molecule has 0 aliphatic carbocycles. The Morgan fingerprint density at radius 1 is 1.11 bits per heavy atom. The van der Waals surface area contributed by atoms with E-state index in [1.54, 1.807) is 18.4 Å². The minimum Gasteiger partial charge on any atom is -0.497 e. The number of hydrogen-bond acceptors (Lipinski definition) is 4. The normalized spacial score (nSPS) is 11.6. The molecule has 0 spiro atoms. The van der Waals surface area contributed by atoms with Gasteiger partial charge in [0.25, 0.3) is 0 Å². The third kappa shape index (κ3) is 3.77. The quantitative estimate of drug-likeness (QED) is 0.492. The van der Waals surface area contributed by atoms with Crippen LogP contribution in [-0.2, 0) is 6.54 Å². The molecule has 0 radical (unpaired) electrons. The summed E-state index contributed by atoms with van der Waals surface area (Å²) in [5.41, 5.74) is 4.37. The number of rotatable bonds is 4. The lowest BCUT2D eigenvalue weighted by molar-refractivity contribution is 0.415. The maximum Gasteiger partial charge on any atom is 0.323 e. The van der Waals surface area contributed by atoms with E-state index in [2.05, 4.69) is 26.8 Å². The Morgan fingerprint density at radius 3 is 2.56 bits per heavy atom. The van der Waals surface area contributed by atoms with Crippen LogP contribution >= 0.6 is 28.3 Å². The number of aromatic amines is 2. The van der Waals surface area contributed by atoms with Gasteiger partial charge < -0.3 is 19.3 Å². The number of benzene rings is 2. The lowest BCUT2D eigenvalue weighted by Gasteiger charge is -2.07. The molecule has 2 aromatic carbocycles. The first-order chi connectivity index (χ1) is 12.7. The summed E-state index contributed by atoms with van der Waals surface area (Å²) in [4.78, 5) is 22.6. The molecule has 0 aliphatic heterocycles. The predicted molar refractivity (Wildman–Crippen MR) is 114 cm³/mol. The van der Waals surface area contributed by atoms with Crippen LogP contribution in [0.2, 0.25) is 0 Å². The van der Waals surface area contributed by atoms with Crippen LogP contribution in [0.25, 0.3) is 22.3 Å². The van der Waals surface area contributed by atoms with Gasteiger partial charge in [-0.15, -0.1) is 28.3 Å². The molecule has 2 N–H and O–H groups in total. The SMILES string of the molecule is Br.CCn1c(-c2ccc(OC)cc2)csc1=Nc1ccc2[nH]c(=O)[nH]c2c1. The highest BCUT2D eigenvalue weighted by molar-refractivity contribution is 8.93. The second-order valence-corrected chi connectivity index (χ2v) is 6.63. The van der Waals surface area contributed by atoms with Crippen molar-refractivity contribution in [3.8, 4) is 17.0 Å². The largest absolute Gasteiger partial charge is 0.497 e. The molecule has 4 aromatic rings. The Hall–Kier alpha value is -2.58. The zero-order chi connectivity index (χ0) is 18.1. The Bertz CT molecular complexity index is 1180. The predicted octanol–water partition coefficient (Wildman–Crippen LogP) is 4.23. The lowest BCUT2D eigenvalue weighted by atomic mass is 10.1. The zero-order valence-electron chi connectivity index (χ0n) is 14.9. The van der Waals surface area contributed by atoms with Crippen LogP contribution in [0.3, 0.4) is 0 Å². The van der Waals surface area contributed by atoms with Crippen molar-refractivity contribution in [1.29, 1.82) is 0 Å². The first-order valence-corrected chi connectivity index (χ1v) is 9.15.